The fraction of sp³-hybridized carbons (Fsp3) is 0.960. The highest BCUT2D eigenvalue weighted by Gasteiger charge is 2.37. The van der Waals surface area contributed by atoms with Gasteiger partial charge in [0, 0.05) is 12.8 Å². The normalized spacial score (nSPS) is 36.8. The molecule has 0 bridgehead atoms. The molecule has 0 aromatic heterocycles. The van der Waals surface area contributed by atoms with Gasteiger partial charge in [-0.15, -0.1) is 0 Å². The Hall–Kier alpha value is -0.330. The maximum absolute atomic E-state index is 12.8. The van der Waals surface area contributed by atoms with Gasteiger partial charge in [0.25, 0.3) is 0 Å². The first-order valence-corrected chi connectivity index (χ1v) is 11.4. The summed E-state index contributed by atoms with van der Waals surface area (Å²) >= 11 is 0. The summed E-state index contributed by atoms with van der Waals surface area (Å²) in [6, 6.07) is 0. The van der Waals surface area contributed by atoms with Gasteiger partial charge < -0.3 is 0 Å². The largest absolute Gasteiger partial charge is 0.300 e. The Bertz CT molecular complexity index is 422. The van der Waals surface area contributed by atoms with Crippen molar-refractivity contribution in [1.29, 1.82) is 0 Å². The van der Waals surface area contributed by atoms with E-state index in [1.807, 2.05) is 0 Å². The summed E-state index contributed by atoms with van der Waals surface area (Å²) in [5.41, 5.74) is 0.842. The van der Waals surface area contributed by atoms with Crippen molar-refractivity contribution in [3.05, 3.63) is 0 Å². The topological polar surface area (TPSA) is 17.1 Å². The van der Waals surface area contributed by atoms with Crippen LogP contribution in [0.25, 0.3) is 0 Å². The Morgan fingerprint density at radius 1 is 0.692 bits per heavy atom. The van der Waals surface area contributed by atoms with Crippen LogP contribution in [0.4, 0.5) is 0 Å². The number of rotatable bonds is 4. The quantitative estimate of drug-likeness (QED) is 0.505. The summed E-state index contributed by atoms with van der Waals surface area (Å²) in [6.45, 7) is 19.1. The summed E-state index contributed by atoms with van der Waals surface area (Å²) in [5, 5.41) is 0. The number of hydrogen-bond acceptors (Lipinski definition) is 1. The molecule has 152 valence electrons. The van der Waals surface area contributed by atoms with E-state index in [2.05, 4.69) is 55.4 Å². The maximum atomic E-state index is 12.8. The highest BCUT2D eigenvalue weighted by molar-refractivity contribution is 5.79. The average Bonchev–Trinajstić information content (AvgIpc) is 2.49. The van der Waals surface area contributed by atoms with Gasteiger partial charge in [-0.3, -0.25) is 4.79 Å². The minimum absolute atomic E-state index is 0.421. The Morgan fingerprint density at radius 3 is 1.31 bits per heavy atom. The Kier molecular flexibility index (Phi) is 7.06. The smallest absolute Gasteiger partial charge is 0.133 e. The van der Waals surface area contributed by atoms with Crippen molar-refractivity contribution in [2.75, 3.05) is 0 Å². The van der Waals surface area contributed by atoms with Crippen LogP contribution in [0.3, 0.4) is 0 Å². The van der Waals surface area contributed by atoms with Crippen molar-refractivity contribution in [2.24, 2.45) is 46.3 Å². The van der Waals surface area contributed by atoms with Gasteiger partial charge in [0.05, 0.1) is 0 Å². The van der Waals surface area contributed by atoms with Crippen molar-refractivity contribution in [3.8, 4) is 0 Å². The number of ketones is 1. The van der Waals surface area contributed by atoms with E-state index in [4.69, 9.17) is 0 Å². The highest BCUT2D eigenvalue weighted by atomic mass is 16.1. The maximum Gasteiger partial charge on any atom is 0.133 e. The van der Waals surface area contributed by atoms with Crippen molar-refractivity contribution in [2.45, 2.75) is 107 Å². The standard InChI is InChI=1S/C25H46O/c1-17-13-21(24(3,4)5)11-9-19(17)15-23(26)16-20-10-12-22(14-18(20)2)25(6,7)8/h17-22H,9-16H2,1-8H3. The molecule has 0 heterocycles. The second-order valence-electron chi connectivity index (χ2n) is 12.2. The van der Waals surface area contributed by atoms with Crippen LogP contribution in [0.5, 0.6) is 0 Å². The van der Waals surface area contributed by atoms with Gasteiger partial charge >= 0.3 is 0 Å². The van der Waals surface area contributed by atoms with Crippen molar-refractivity contribution >= 4 is 5.78 Å². The zero-order valence-corrected chi connectivity index (χ0v) is 19.0. The number of carbonyl (C=O) groups is 1. The summed E-state index contributed by atoms with van der Waals surface area (Å²) in [5.74, 6) is 4.93. The van der Waals surface area contributed by atoms with Crippen LogP contribution in [0.2, 0.25) is 0 Å². The lowest BCUT2D eigenvalue weighted by Gasteiger charge is -2.41. The lowest BCUT2D eigenvalue weighted by Crippen LogP contribution is -2.33. The molecule has 0 aromatic rings. The molecule has 6 unspecified atom stereocenters. The molecule has 0 radical (unpaired) electrons. The SMILES string of the molecule is CC1CC(C(C)(C)C)CCC1CC(=O)CC1CCC(C(C)(C)C)CC1C. The monoisotopic (exact) mass is 362 g/mol. The number of carbonyl (C=O) groups excluding carboxylic acids is 1. The van der Waals surface area contributed by atoms with E-state index in [9.17, 15) is 4.79 Å². The van der Waals surface area contributed by atoms with Gasteiger partial charge in [-0.1, -0.05) is 55.4 Å². The third-order valence-electron chi connectivity index (χ3n) is 8.12. The minimum Gasteiger partial charge on any atom is -0.300 e. The lowest BCUT2D eigenvalue weighted by atomic mass is 9.64. The average molecular weight is 363 g/mol. The van der Waals surface area contributed by atoms with E-state index in [-0.39, 0.29) is 0 Å². The van der Waals surface area contributed by atoms with Crippen LogP contribution in [-0.2, 0) is 4.79 Å². The van der Waals surface area contributed by atoms with Crippen molar-refractivity contribution in [1.82, 2.24) is 0 Å². The van der Waals surface area contributed by atoms with Crippen LogP contribution in [0, 0.1) is 46.3 Å². The second-order valence-corrected chi connectivity index (χ2v) is 12.2. The molecule has 0 aromatic carbocycles. The Balaban J connectivity index is 1.81. The molecule has 1 heteroatoms. The zero-order chi connectivity index (χ0) is 19.7. The van der Waals surface area contributed by atoms with Gasteiger partial charge in [0.15, 0.2) is 0 Å². The molecule has 6 atom stereocenters. The van der Waals surface area contributed by atoms with E-state index in [0.29, 0.717) is 40.3 Å². The van der Waals surface area contributed by atoms with Crippen LogP contribution in [0.1, 0.15) is 107 Å². The highest BCUT2D eigenvalue weighted by Crippen LogP contribution is 2.45. The molecule has 0 N–H and O–H groups in total. The molecule has 0 spiro atoms. The lowest BCUT2D eigenvalue weighted by molar-refractivity contribution is -0.122. The summed E-state index contributed by atoms with van der Waals surface area (Å²) in [7, 11) is 0. The third kappa shape index (κ3) is 5.83. The molecule has 26 heavy (non-hydrogen) atoms. The van der Waals surface area contributed by atoms with Gasteiger partial charge in [-0.05, 0) is 84.9 Å². The summed E-state index contributed by atoms with van der Waals surface area (Å²) in [6.07, 6.45) is 9.50. The first kappa shape index (κ1) is 22.0. The Labute approximate surface area is 164 Å². The van der Waals surface area contributed by atoms with Gasteiger partial charge in [-0.25, -0.2) is 0 Å². The van der Waals surface area contributed by atoms with Crippen LogP contribution in [0.15, 0.2) is 0 Å². The van der Waals surface area contributed by atoms with E-state index in [1.165, 1.54) is 38.5 Å². The molecule has 0 aliphatic heterocycles. The zero-order valence-electron chi connectivity index (χ0n) is 19.0. The van der Waals surface area contributed by atoms with E-state index < -0.39 is 0 Å². The fourth-order valence-corrected chi connectivity index (χ4v) is 5.77. The molecule has 2 saturated carbocycles. The Morgan fingerprint density at radius 2 is 1.04 bits per heavy atom. The van der Waals surface area contributed by atoms with Crippen molar-refractivity contribution in [3.63, 3.8) is 0 Å². The number of hydrogen-bond donors (Lipinski definition) is 0. The summed E-state index contributed by atoms with van der Waals surface area (Å²) < 4.78 is 0. The molecule has 2 aliphatic rings. The first-order chi connectivity index (χ1) is 11.9. The number of Topliss-reactive ketones (excluding diaryl/α,β-unsaturated/α-hetero) is 1. The molecule has 0 saturated heterocycles. The molecular weight excluding hydrogens is 316 g/mol. The van der Waals surface area contributed by atoms with Gasteiger partial charge in [0.1, 0.15) is 5.78 Å². The van der Waals surface area contributed by atoms with Crippen LogP contribution in [-0.4, -0.2) is 5.78 Å². The molecule has 2 aliphatic carbocycles. The van der Waals surface area contributed by atoms with Crippen LogP contribution >= 0.6 is 0 Å². The molecule has 2 rings (SSSR count). The molecule has 2 fully saturated rings. The van der Waals surface area contributed by atoms with E-state index in [1.54, 1.807) is 0 Å². The fourth-order valence-electron chi connectivity index (χ4n) is 5.77. The van der Waals surface area contributed by atoms with Gasteiger partial charge in [0.2, 0.25) is 0 Å². The molecular formula is C25H46O. The van der Waals surface area contributed by atoms with Gasteiger partial charge in [-0.2, -0.15) is 0 Å². The first-order valence-electron chi connectivity index (χ1n) is 11.4. The van der Waals surface area contributed by atoms with Crippen molar-refractivity contribution < 1.29 is 4.79 Å². The molecule has 0 amide bonds. The van der Waals surface area contributed by atoms with E-state index in [0.717, 1.165) is 24.7 Å². The summed E-state index contributed by atoms with van der Waals surface area (Å²) in [4.78, 5) is 12.8. The second kappa shape index (κ2) is 8.36. The predicted octanol–water partition coefficient (Wildman–Crippen LogP) is 7.53. The predicted molar refractivity (Wildman–Crippen MR) is 113 cm³/mol. The van der Waals surface area contributed by atoms with Crippen LogP contribution < -0.4 is 0 Å². The molecule has 1 nitrogen and oxygen atoms in total. The van der Waals surface area contributed by atoms with E-state index >= 15 is 0 Å². The minimum atomic E-state index is 0.421. The third-order valence-corrected chi connectivity index (χ3v) is 8.12.